The largest absolute Gasteiger partial charge is 0.481 e. The second-order valence-electron chi connectivity index (χ2n) is 10.8. The number of nitrogens with zero attached hydrogens (tertiary/aromatic N) is 2. The van der Waals surface area contributed by atoms with Gasteiger partial charge < -0.3 is 10.0 Å². The summed E-state index contributed by atoms with van der Waals surface area (Å²) in [6.07, 6.45) is 4.76. The quantitative estimate of drug-likeness (QED) is 0.362. The molecule has 1 saturated heterocycles. The van der Waals surface area contributed by atoms with Gasteiger partial charge in [-0.1, -0.05) is 60.5 Å². The standard InChI is InChI=1S/C23H33ClN2O4S.C6H5Cl/c1-15(2)25(31(4)30)14-20(17-5-6-17)26-19(16-7-9-18(24)10-8-16)11-12-23(3,22(26)29)13-21(27)28;7-6-4-2-1-3-5-6/h7-10,15,17,19-20H,5-6,11-14H2,1-4H3,(H,27,28);1-5H/t19-,20?,23+,31?;/m0./s1. The van der Waals surface area contributed by atoms with E-state index in [9.17, 15) is 18.9 Å². The van der Waals surface area contributed by atoms with E-state index in [1.54, 1.807) is 13.2 Å². The second kappa shape index (κ2) is 13.4. The maximum Gasteiger partial charge on any atom is 0.304 e. The van der Waals surface area contributed by atoms with Crippen LogP contribution in [0.25, 0.3) is 0 Å². The van der Waals surface area contributed by atoms with Crippen molar-refractivity contribution in [2.24, 2.45) is 11.3 Å². The first-order valence-corrected chi connectivity index (χ1v) is 15.3. The molecule has 4 atom stereocenters. The summed E-state index contributed by atoms with van der Waals surface area (Å²) < 4.78 is 14.4. The van der Waals surface area contributed by atoms with Crippen molar-refractivity contribution in [2.75, 3.05) is 12.8 Å². The molecule has 2 aliphatic rings. The van der Waals surface area contributed by atoms with Gasteiger partial charge in [0, 0.05) is 34.9 Å². The number of piperidine rings is 1. The van der Waals surface area contributed by atoms with Crippen molar-refractivity contribution in [1.29, 1.82) is 0 Å². The summed E-state index contributed by atoms with van der Waals surface area (Å²) >= 11 is 11.6. The number of hydrogen-bond donors (Lipinski definition) is 1. The fourth-order valence-electron chi connectivity index (χ4n) is 5.20. The highest BCUT2D eigenvalue weighted by Crippen LogP contribution is 2.48. The first kappa shape index (κ1) is 30.6. The fourth-order valence-corrected chi connectivity index (χ4v) is 6.43. The van der Waals surface area contributed by atoms with E-state index >= 15 is 0 Å². The number of aliphatic carboxylic acids is 1. The highest BCUT2D eigenvalue weighted by Gasteiger charge is 2.51. The van der Waals surface area contributed by atoms with Gasteiger partial charge >= 0.3 is 5.97 Å². The predicted molar refractivity (Wildman–Crippen MR) is 155 cm³/mol. The molecule has 1 N–H and O–H groups in total. The first-order chi connectivity index (χ1) is 17.9. The molecule has 0 bridgehead atoms. The van der Waals surface area contributed by atoms with Crippen LogP contribution >= 0.6 is 23.2 Å². The van der Waals surface area contributed by atoms with E-state index in [1.807, 2.05) is 77.6 Å². The van der Waals surface area contributed by atoms with Gasteiger partial charge in [-0.25, -0.2) is 8.51 Å². The van der Waals surface area contributed by atoms with E-state index in [0.717, 1.165) is 23.4 Å². The molecule has 2 aromatic carbocycles. The highest BCUT2D eigenvalue weighted by molar-refractivity contribution is 7.81. The van der Waals surface area contributed by atoms with Crippen molar-refractivity contribution >= 4 is 46.1 Å². The highest BCUT2D eigenvalue weighted by atomic mass is 35.5. The van der Waals surface area contributed by atoms with Crippen LogP contribution in [0.1, 0.15) is 64.5 Å². The molecular weight excluding hydrogens is 543 g/mol. The summed E-state index contributed by atoms with van der Waals surface area (Å²) in [6, 6.07) is 16.8. The van der Waals surface area contributed by atoms with E-state index in [1.165, 1.54) is 0 Å². The molecule has 1 aliphatic carbocycles. The monoisotopic (exact) mass is 580 g/mol. The van der Waals surface area contributed by atoms with Gasteiger partial charge in [-0.2, -0.15) is 0 Å². The van der Waals surface area contributed by atoms with E-state index < -0.39 is 22.4 Å². The number of amides is 1. The first-order valence-electron chi connectivity index (χ1n) is 13.0. The lowest BCUT2D eigenvalue weighted by Crippen LogP contribution is -2.57. The Hall–Kier alpha value is -1.93. The number of carboxylic acids is 1. The lowest BCUT2D eigenvalue weighted by molar-refractivity contribution is -0.160. The van der Waals surface area contributed by atoms with Gasteiger partial charge in [0.2, 0.25) is 5.91 Å². The third-order valence-corrected chi connectivity index (χ3v) is 9.12. The van der Waals surface area contributed by atoms with Crippen molar-refractivity contribution in [3.8, 4) is 0 Å². The average Bonchev–Trinajstić information content (AvgIpc) is 3.68. The van der Waals surface area contributed by atoms with E-state index in [4.69, 9.17) is 23.2 Å². The summed E-state index contributed by atoms with van der Waals surface area (Å²) in [4.78, 5) is 27.4. The molecule has 1 aliphatic heterocycles. The third kappa shape index (κ3) is 8.04. The Kier molecular flexibility index (Phi) is 10.8. The molecule has 0 spiro atoms. The lowest BCUT2D eigenvalue weighted by Gasteiger charge is -2.49. The minimum absolute atomic E-state index is 0.0753. The molecular formula is C29H38Cl2N2O4S. The topological polar surface area (TPSA) is 77.9 Å². The van der Waals surface area contributed by atoms with Gasteiger partial charge in [-0.05, 0) is 75.3 Å². The number of benzene rings is 2. The van der Waals surface area contributed by atoms with Gasteiger partial charge in [-0.15, -0.1) is 0 Å². The fraction of sp³-hybridized carbons (Fsp3) is 0.517. The Bertz CT molecular complexity index is 1110. The predicted octanol–water partition coefficient (Wildman–Crippen LogP) is 6.61. The van der Waals surface area contributed by atoms with Crippen molar-refractivity contribution in [3.63, 3.8) is 0 Å². The van der Waals surface area contributed by atoms with E-state index in [-0.39, 0.29) is 30.5 Å². The van der Waals surface area contributed by atoms with E-state index in [0.29, 0.717) is 30.3 Å². The Morgan fingerprint density at radius 1 is 1.08 bits per heavy atom. The Morgan fingerprint density at radius 3 is 2.11 bits per heavy atom. The maximum absolute atomic E-state index is 13.9. The lowest BCUT2D eigenvalue weighted by atomic mass is 9.74. The summed E-state index contributed by atoms with van der Waals surface area (Å²) in [6.45, 7) is 6.31. The number of likely N-dealkylation sites (tertiary alicyclic amines) is 1. The molecule has 9 heteroatoms. The zero-order valence-corrected chi connectivity index (χ0v) is 24.8. The number of rotatable bonds is 9. The van der Waals surface area contributed by atoms with Crippen LogP contribution in [0.2, 0.25) is 10.0 Å². The van der Waals surface area contributed by atoms with Crippen LogP contribution in [-0.2, 0) is 20.6 Å². The van der Waals surface area contributed by atoms with Crippen molar-refractivity contribution in [2.45, 2.75) is 71.0 Å². The van der Waals surface area contributed by atoms with Crippen molar-refractivity contribution < 1.29 is 18.9 Å². The SMILES string of the molecule is CC(C)N(CC(C1CC1)N1C(=O)[C@@](C)(CC(=O)O)CC[C@H]1c1ccc(Cl)cc1)S(C)=O.Clc1ccccc1. The van der Waals surface area contributed by atoms with Crippen LogP contribution in [0, 0.1) is 11.3 Å². The summed E-state index contributed by atoms with van der Waals surface area (Å²) in [5, 5.41) is 10.9. The normalized spacial score (nSPS) is 23.1. The average molecular weight is 582 g/mol. The van der Waals surface area contributed by atoms with Gasteiger partial charge in [0.15, 0.2) is 0 Å². The van der Waals surface area contributed by atoms with Crippen LogP contribution in [-0.4, -0.2) is 55.3 Å². The smallest absolute Gasteiger partial charge is 0.304 e. The Balaban J connectivity index is 0.000000494. The molecule has 1 amide bonds. The van der Waals surface area contributed by atoms with Gasteiger partial charge in [-0.3, -0.25) is 9.59 Å². The molecule has 2 fully saturated rings. The van der Waals surface area contributed by atoms with Crippen molar-refractivity contribution in [1.82, 2.24) is 9.21 Å². The minimum Gasteiger partial charge on any atom is -0.481 e. The summed E-state index contributed by atoms with van der Waals surface area (Å²) in [7, 11) is -1.16. The van der Waals surface area contributed by atoms with E-state index in [2.05, 4.69) is 0 Å². The Labute approximate surface area is 238 Å². The molecule has 1 saturated carbocycles. The zero-order valence-electron chi connectivity index (χ0n) is 22.5. The van der Waals surface area contributed by atoms with Gasteiger partial charge in [0.05, 0.1) is 28.9 Å². The summed E-state index contributed by atoms with van der Waals surface area (Å²) in [5.74, 6) is -0.721. The number of carbonyl (C=O) groups is 2. The molecule has 2 unspecified atom stereocenters. The number of hydrogen-bond acceptors (Lipinski definition) is 3. The number of halogens is 2. The molecule has 6 nitrogen and oxygen atoms in total. The van der Waals surface area contributed by atoms with Gasteiger partial charge in [0.25, 0.3) is 0 Å². The summed E-state index contributed by atoms with van der Waals surface area (Å²) in [5.41, 5.74) is 0.0742. The van der Waals surface area contributed by atoms with Crippen LogP contribution in [0.3, 0.4) is 0 Å². The van der Waals surface area contributed by atoms with Crippen LogP contribution < -0.4 is 0 Å². The maximum atomic E-state index is 13.9. The van der Waals surface area contributed by atoms with Gasteiger partial charge in [0.1, 0.15) is 0 Å². The molecule has 38 heavy (non-hydrogen) atoms. The number of carboxylic acid groups (broad SMARTS) is 1. The molecule has 2 aromatic rings. The zero-order chi connectivity index (χ0) is 28.0. The van der Waals surface area contributed by atoms with Crippen LogP contribution in [0.4, 0.5) is 0 Å². The van der Waals surface area contributed by atoms with Crippen LogP contribution in [0.5, 0.6) is 0 Å². The molecule has 0 radical (unpaired) electrons. The number of carbonyl (C=O) groups excluding carboxylic acids is 1. The third-order valence-electron chi connectivity index (χ3n) is 7.38. The molecule has 0 aromatic heterocycles. The second-order valence-corrected chi connectivity index (χ2v) is 13.0. The molecule has 4 rings (SSSR count). The van der Waals surface area contributed by atoms with Crippen molar-refractivity contribution in [3.05, 3.63) is 70.2 Å². The van der Waals surface area contributed by atoms with Crippen LogP contribution in [0.15, 0.2) is 54.6 Å². The Morgan fingerprint density at radius 2 is 1.66 bits per heavy atom. The minimum atomic E-state index is -1.16. The molecule has 208 valence electrons. The molecule has 1 heterocycles.